The molecule has 0 fully saturated rings. The quantitative estimate of drug-likeness (QED) is 0.806. The maximum atomic E-state index is 12.5. The molecule has 6 heteroatoms. The summed E-state index contributed by atoms with van der Waals surface area (Å²) in [6, 6.07) is 17.7. The first kappa shape index (κ1) is 17.3. The predicted octanol–water partition coefficient (Wildman–Crippen LogP) is 3.54. The fourth-order valence-electron chi connectivity index (χ4n) is 2.07. The number of para-hydroxylation sites is 1. The molecule has 0 aliphatic rings. The summed E-state index contributed by atoms with van der Waals surface area (Å²) in [5.74, 6) is 0.0502. The maximum absolute atomic E-state index is 12.5. The number of carbonyl (C=O) groups excluding carboxylic acids is 1. The number of benzene rings is 2. The molecule has 2 aromatic rings. The van der Waals surface area contributed by atoms with E-state index >= 15 is 0 Å². The van der Waals surface area contributed by atoms with Gasteiger partial charge in [-0.1, -0.05) is 29.8 Å². The number of hydrogen-bond donors (Lipinski definition) is 0. The van der Waals surface area contributed by atoms with Gasteiger partial charge >= 0.3 is 0 Å². The Morgan fingerprint density at radius 3 is 2.54 bits per heavy atom. The molecule has 0 spiro atoms. The van der Waals surface area contributed by atoms with Gasteiger partial charge in [-0.2, -0.15) is 10.5 Å². The molecule has 0 unspecified atom stereocenters. The van der Waals surface area contributed by atoms with Gasteiger partial charge in [-0.05, 0) is 30.3 Å². The summed E-state index contributed by atoms with van der Waals surface area (Å²) in [5, 5.41) is 17.9. The van der Waals surface area contributed by atoms with Crippen LogP contribution in [0.3, 0.4) is 0 Å². The minimum Gasteiger partial charge on any atom is -0.482 e. The Hall–Kier alpha value is -3.02. The van der Waals surface area contributed by atoms with Crippen molar-refractivity contribution < 1.29 is 9.53 Å². The molecule has 0 saturated heterocycles. The SMILES string of the molecule is N#CCCN(C(=O)COc1ccc(C#N)cc1Cl)c1ccccc1. The summed E-state index contributed by atoms with van der Waals surface area (Å²) in [6.07, 6.45) is 0.220. The van der Waals surface area contributed by atoms with Crippen molar-refractivity contribution in [3.05, 3.63) is 59.1 Å². The smallest absolute Gasteiger partial charge is 0.264 e. The number of anilines is 1. The van der Waals surface area contributed by atoms with E-state index in [4.69, 9.17) is 26.9 Å². The lowest BCUT2D eigenvalue weighted by atomic mass is 10.2. The topological polar surface area (TPSA) is 77.1 Å². The molecule has 0 heterocycles. The van der Waals surface area contributed by atoms with E-state index in [0.29, 0.717) is 17.0 Å². The zero-order valence-electron chi connectivity index (χ0n) is 12.8. The Morgan fingerprint density at radius 1 is 1.17 bits per heavy atom. The van der Waals surface area contributed by atoms with Gasteiger partial charge in [0.2, 0.25) is 0 Å². The molecule has 24 heavy (non-hydrogen) atoms. The largest absolute Gasteiger partial charge is 0.482 e. The van der Waals surface area contributed by atoms with Crippen molar-refractivity contribution in [2.75, 3.05) is 18.1 Å². The standard InChI is InChI=1S/C18H14ClN3O2/c19-16-11-14(12-21)7-8-17(16)24-13-18(23)22(10-4-9-20)15-5-2-1-3-6-15/h1-3,5-8,11H,4,10,13H2. The van der Waals surface area contributed by atoms with E-state index in [1.807, 2.05) is 30.3 Å². The number of ether oxygens (including phenoxy) is 1. The van der Waals surface area contributed by atoms with Crippen LogP contribution in [-0.2, 0) is 4.79 Å². The van der Waals surface area contributed by atoms with Crippen LogP contribution in [0.15, 0.2) is 48.5 Å². The lowest BCUT2D eigenvalue weighted by Gasteiger charge is -2.22. The highest BCUT2D eigenvalue weighted by atomic mass is 35.5. The van der Waals surface area contributed by atoms with E-state index in [0.717, 1.165) is 0 Å². The third kappa shape index (κ3) is 4.49. The number of nitriles is 2. The number of halogens is 1. The molecule has 120 valence electrons. The van der Waals surface area contributed by atoms with E-state index < -0.39 is 0 Å². The highest BCUT2D eigenvalue weighted by Crippen LogP contribution is 2.25. The molecule has 0 aliphatic carbocycles. The Kier molecular flexibility index (Phi) is 6.19. The molecule has 0 aromatic heterocycles. The van der Waals surface area contributed by atoms with Crippen molar-refractivity contribution in [3.63, 3.8) is 0 Å². The van der Waals surface area contributed by atoms with Gasteiger partial charge in [0.05, 0.1) is 29.1 Å². The monoisotopic (exact) mass is 339 g/mol. The van der Waals surface area contributed by atoms with Crippen molar-refractivity contribution in [1.82, 2.24) is 0 Å². The summed E-state index contributed by atoms with van der Waals surface area (Å²) in [7, 11) is 0. The lowest BCUT2D eigenvalue weighted by Crippen LogP contribution is -2.35. The third-order valence-electron chi connectivity index (χ3n) is 3.23. The van der Waals surface area contributed by atoms with Crippen LogP contribution in [0.1, 0.15) is 12.0 Å². The van der Waals surface area contributed by atoms with Crippen molar-refractivity contribution >= 4 is 23.2 Å². The summed E-state index contributed by atoms with van der Waals surface area (Å²) in [6.45, 7) is 0.0652. The van der Waals surface area contributed by atoms with Gasteiger partial charge in [0.25, 0.3) is 5.91 Å². The summed E-state index contributed by atoms with van der Waals surface area (Å²) >= 11 is 6.03. The first-order valence-electron chi connectivity index (χ1n) is 7.20. The molecule has 0 radical (unpaired) electrons. The van der Waals surface area contributed by atoms with Crippen LogP contribution in [0.2, 0.25) is 5.02 Å². The number of nitrogens with zero attached hydrogens (tertiary/aromatic N) is 3. The normalized spacial score (nSPS) is 9.62. The minimum atomic E-state index is -0.281. The first-order chi connectivity index (χ1) is 11.7. The molecule has 2 rings (SSSR count). The first-order valence-corrected chi connectivity index (χ1v) is 7.58. The second-order valence-electron chi connectivity index (χ2n) is 4.83. The molecule has 0 N–H and O–H groups in total. The molecule has 0 atom stereocenters. The van der Waals surface area contributed by atoms with Gasteiger partial charge in [-0.15, -0.1) is 0 Å². The van der Waals surface area contributed by atoms with Crippen molar-refractivity contribution in [1.29, 1.82) is 10.5 Å². The van der Waals surface area contributed by atoms with Crippen LogP contribution in [-0.4, -0.2) is 19.1 Å². The Morgan fingerprint density at radius 2 is 1.92 bits per heavy atom. The van der Waals surface area contributed by atoms with Gasteiger partial charge in [0, 0.05) is 12.2 Å². The van der Waals surface area contributed by atoms with Crippen LogP contribution >= 0.6 is 11.6 Å². The van der Waals surface area contributed by atoms with Gasteiger partial charge in [0.15, 0.2) is 6.61 Å². The molecule has 0 bridgehead atoms. The zero-order valence-corrected chi connectivity index (χ0v) is 13.5. The highest BCUT2D eigenvalue weighted by molar-refractivity contribution is 6.32. The van der Waals surface area contributed by atoms with E-state index in [9.17, 15) is 4.79 Å². The van der Waals surface area contributed by atoms with E-state index in [1.54, 1.807) is 24.3 Å². The van der Waals surface area contributed by atoms with E-state index in [-0.39, 0.29) is 30.5 Å². The van der Waals surface area contributed by atoms with Gasteiger partial charge in [-0.3, -0.25) is 4.79 Å². The van der Waals surface area contributed by atoms with E-state index in [1.165, 1.54) is 11.0 Å². The van der Waals surface area contributed by atoms with Crippen LogP contribution < -0.4 is 9.64 Å². The van der Waals surface area contributed by atoms with Gasteiger partial charge in [0.1, 0.15) is 5.75 Å². The molecule has 1 amide bonds. The van der Waals surface area contributed by atoms with Crippen LogP contribution in [0, 0.1) is 22.7 Å². The third-order valence-corrected chi connectivity index (χ3v) is 3.52. The predicted molar refractivity (Wildman–Crippen MR) is 90.7 cm³/mol. The average Bonchev–Trinajstić information content (AvgIpc) is 2.61. The van der Waals surface area contributed by atoms with Crippen molar-refractivity contribution in [2.24, 2.45) is 0 Å². The van der Waals surface area contributed by atoms with Crippen molar-refractivity contribution in [2.45, 2.75) is 6.42 Å². The highest BCUT2D eigenvalue weighted by Gasteiger charge is 2.16. The van der Waals surface area contributed by atoms with Crippen LogP contribution in [0.5, 0.6) is 5.75 Å². The average molecular weight is 340 g/mol. The molecular weight excluding hydrogens is 326 g/mol. The molecule has 2 aromatic carbocycles. The summed E-state index contributed by atoms with van der Waals surface area (Å²) in [5.41, 5.74) is 1.12. The number of carbonyl (C=O) groups is 1. The minimum absolute atomic E-state index is 0.216. The maximum Gasteiger partial charge on any atom is 0.264 e. The van der Waals surface area contributed by atoms with Crippen LogP contribution in [0.4, 0.5) is 5.69 Å². The second kappa shape index (κ2) is 8.57. The van der Waals surface area contributed by atoms with Crippen LogP contribution in [0.25, 0.3) is 0 Å². The molecule has 0 aliphatic heterocycles. The Balaban J connectivity index is 2.08. The Labute approximate surface area is 145 Å². The number of amides is 1. The fourth-order valence-corrected chi connectivity index (χ4v) is 2.31. The molecular formula is C18H14ClN3O2. The van der Waals surface area contributed by atoms with Gasteiger partial charge < -0.3 is 9.64 Å². The number of rotatable bonds is 6. The summed E-state index contributed by atoms with van der Waals surface area (Å²) < 4.78 is 5.47. The molecule has 5 nitrogen and oxygen atoms in total. The van der Waals surface area contributed by atoms with E-state index in [2.05, 4.69) is 0 Å². The lowest BCUT2D eigenvalue weighted by molar-refractivity contribution is -0.120. The zero-order chi connectivity index (χ0) is 17.4. The number of hydrogen-bond acceptors (Lipinski definition) is 4. The Bertz CT molecular complexity index is 794. The second-order valence-corrected chi connectivity index (χ2v) is 5.24. The summed E-state index contributed by atoms with van der Waals surface area (Å²) in [4.78, 5) is 14.0. The van der Waals surface area contributed by atoms with Crippen molar-refractivity contribution in [3.8, 4) is 17.9 Å². The fraction of sp³-hybridized carbons (Fsp3) is 0.167. The van der Waals surface area contributed by atoms with Gasteiger partial charge in [-0.25, -0.2) is 0 Å². The molecule has 0 saturated carbocycles.